The van der Waals surface area contributed by atoms with Gasteiger partial charge in [0, 0.05) is 6.54 Å². The number of carboxylic acids is 1. The van der Waals surface area contributed by atoms with Gasteiger partial charge in [0.15, 0.2) is 11.5 Å². The molecule has 1 fully saturated rings. The zero-order valence-corrected chi connectivity index (χ0v) is 19.2. The van der Waals surface area contributed by atoms with Crippen LogP contribution in [-0.4, -0.2) is 39.9 Å². The Morgan fingerprint density at radius 2 is 2.03 bits per heavy atom. The van der Waals surface area contributed by atoms with Gasteiger partial charge in [-0.2, -0.15) is 0 Å². The van der Waals surface area contributed by atoms with Gasteiger partial charge in [-0.05, 0) is 45.3 Å². The summed E-state index contributed by atoms with van der Waals surface area (Å²) in [6, 6.07) is 13.4. The molecule has 0 atom stereocenters. The van der Waals surface area contributed by atoms with Gasteiger partial charge in [0.2, 0.25) is 0 Å². The van der Waals surface area contributed by atoms with Crippen LogP contribution >= 0.6 is 39.9 Å². The molecule has 30 heavy (non-hydrogen) atoms. The number of carbonyl (C=O) groups excluding carboxylic acids is 1. The predicted molar refractivity (Wildman–Crippen MR) is 124 cm³/mol. The van der Waals surface area contributed by atoms with Gasteiger partial charge in [0.05, 0.1) is 22.9 Å². The number of hydrogen-bond acceptors (Lipinski definition) is 6. The van der Waals surface area contributed by atoms with E-state index in [2.05, 4.69) is 15.9 Å². The number of amides is 1. The van der Waals surface area contributed by atoms with Crippen molar-refractivity contribution in [2.24, 2.45) is 0 Å². The van der Waals surface area contributed by atoms with Crippen molar-refractivity contribution in [3.8, 4) is 11.5 Å². The fourth-order valence-corrected chi connectivity index (χ4v) is 4.63. The Hall–Kier alpha value is -2.36. The Kier molecular flexibility index (Phi) is 7.52. The molecular formula is C21H18BrNO5S2. The molecule has 0 aromatic heterocycles. The van der Waals surface area contributed by atoms with E-state index < -0.39 is 5.97 Å². The third kappa shape index (κ3) is 5.41. The molecule has 0 spiro atoms. The summed E-state index contributed by atoms with van der Waals surface area (Å²) in [4.78, 5) is 25.1. The average Bonchev–Trinajstić information content (AvgIpc) is 2.98. The van der Waals surface area contributed by atoms with E-state index >= 15 is 0 Å². The average molecular weight is 508 g/mol. The molecule has 0 bridgehead atoms. The Morgan fingerprint density at radius 1 is 1.30 bits per heavy atom. The van der Waals surface area contributed by atoms with E-state index in [4.69, 9.17) is 26.8 Å². The van der Waals surface area contributed by atoms with Crippen LogP contribution in [0.2, 0.25) is 0 Å². The Bertz CT molecular complexity index is 1010. The third-order valence-electron chi connectivity index (χ3n) is 4.20. The fourth-order valence-electron chi connectivity index (χ4n) is 2.74. The van der Waals surface area contributed by atoms with Gasteiger partial charge in [0.25, 0.3) is 5.91 Å². The van der Waals surface area contributed by atoms with E-state index in [1.165, 1.54) is 4.90 Å². The second kappa shape index (κ2) is 10.1. The van der Waals surface area contributed by atoms with Crippen LogP contribution < -0.4 is 9.47 Å². The summed E-state index contributed by atoms with van der Waals surface area (Å²) in [5, 5.41) is 8.84. The lowest BCUT2D eigenvalue weighted by molar-refractivity contribution is -0.137. The number of ether oxygens (including phenoxy) is 2. The molecule has 6 nitrogen and oxygen atoms in total. The second-order valence-corrected chi connectivity index (χ2v) is 8.82. The van der Waals surface area contributed by atoms with Crippen LogP contribution in [0.5, 0.6) is 11.5 Å². The zero-order chi connectivity index (χ0) is 21.7. The van der Waals surface area contributed by atoms with Crippen LogP contribution in [0.25, 0.3) is 6.08 Å². The molecule has 2 aromatic rings. The summed E-state index contributed by atoms with van der Waals surface area (Å²) in [6.07, 6.45) is 1.54. The maximum absolute atomic E-state index is 12.6. The topological polar surface area (TPSA) is 76.1 Å². The van der Waals surface area contributed by atoms with Crippen molar-refractivity contribution in [2.75, 3.05) is 13.7 Å². The van der Waals surface area contributed by atoms with Gasteiger partial charge in [-0.15, -0.1) is 0 Å². The van der Waals surface area contributed by atoms with Crippen LogP contribution in [0.3, 0.4) is 0 Å². The number of rotatable bonds is 8. The molecule has 1 heterocycles. The van der Waals surface area contributed by atoms with Crippen molar-refractivity contribution in [2.45, 2.75) is 13.0 Å². The standard InChI is InChI=1S/C21H18BrNO5S2/c1-27-16-10-14(9-15(22)19(16)28-12-13-5-3-2-4-6-13)11-17-20(26)23(21(29)30-17)8-7-18(24)25/h2-6,9-11H,7-8,12H2,1H3,(H,24,25)/b17-11+. The second-order valence-electron chi connectivity index (χ2n) is 6.29. The highest BCUT2D eigenvalue weighted by Gasteiger charge is 2.32. The van der Waals surface area contributed by atoms with Crippen molar-refractivity contribution in [1.82, 2.24) is 4.90 Å². The number of thioether (sulfide) groups is 1. The molecule has 0 saturated carbocycles. The predicted octanol–water partition coefficient (Wildman–Crippen LogP) is 4.71. The van der Waals surface area contributed by atoms with Gasteiger partial charge in [-0.25, -0.2) is 0 Å². The van der Waals surface area contributed by atoms with E-state index in [1.54, 1.807) is 19.3 Å². The number of hydrogen-bond donors (Lipinski definition) is 1. The molecule has 0 radical (unpaired) electrons. The number of carbonyl (C=O) groups is 2. The Labute approximate surface area is 192 Å². The first-order valence-corrected chi connectivity index (χ1v) is 10.9. The first kappa shape index (κ1) is 22.3. The van der Waals surface area contributed by atoms with E-state index in [0.717, 1.165) is 22.9 Å². The highest BCUT2D eigenvalue weighted by molar-refractivity contribution is 9.10. The highest BCUT2D eigenvalue weighted by Crippen LogP contribution is 2.39. The van der Waals surface area contributed by atoms with Crippen molar-refractivity contribution < 1.29 is 24.2 Å². The van der Waals surface area contributed by atoms with E-state index in [-0.39, 0.29) is 18.9 Å². The highest BCUT2D eigenvalue weighted by atomic mass is 79.9. The van der Waals surface area contributed by atoms with E-state index in [0.29, 0.717) is 31.8 Å². The molecule has 9 heteroatoms. The van der Waals surface area contributed by atoms with Crippen LogP contribution in [0.15, 0.2) is 51.8 Å². The molecular weight excluding hydrogens is 490 g/mol. The zero-order valence-electron chi connectivity index (χ0n) is 16.0. The summed E-state index contributed by atoms with van der Waals surface area (Å²) < 4.78 is 12.4. The van der Waals surface area contributed by atoms with E-state index in [9.17, 15) is 9.59 Å². The summed E-state index contributed by atoms with van der Waals surface area (Å²) in [5.41, 5.74) is 1.75. The number of nitrogens with zero attached hydrogens (tertiary/aromatic N) is 1. The molecule has 156 valence electrons. The lowest BCUT2D eigenvalue weighted by Gasteiger charge is -2.14. The molecule has 1 amide bonds. The number of methoxy groups -OCH3 is 1. The third-order valence-corrected chi connectivity index (χ3v) is 6.17. The van der Waals surface area contributed by atoms with Crippen molar-refractivity contribution in [3.05, 3.63) is 63.0 Å². The molecule has 1 aliphatic rings. The Balaban J connectivity index is 1.80. The summed E-state index contributed by atoms with van der Waals surface area (Å²) in [6.45, 7) is 0.438. The van der Waals surface area contributed by atoms with Crippen LogP contribution in [0.1, 0.15) is 17.5 Å². The molecule has 1 aliphatic heterocycles. The smallest absolute Gasteiger partial charge is 0.305 e. The van der Waals surface area contributed by atoms with Crippen molar-refractivity contribution >= 4 is 62.2 Å². The molecule has 3 rings (SSSR count). The van der Waals surface area contributed by atoms with E-state index in [1.807, 2.05) is 36.4 Å². The minimum atomic E-state index is -0.979. The van der Waals surface area contributed by atoms with Crippen LogP contribution in [0, 0.1) is 0 Å². The monoisotopic (exact) mass is 507 g/mol. The van der Waals surface area contributed by atoms with Crippen LogP contribution in [0.4, 0.5) is 0 Å². The van der Waals surface area contributed by atoms with Crippen molar-refractivity contribution in [1.29, 1.82) is 0 Å². The first-order chi connectivity index (χ1) is 14.4. The fraction of sp³-hybridized carbons (Fsp3) is 0.190. The molecule has 2 aromatic carbocycles. The SMILES string of the molecule is COc1cc(/C=C2/SC(=S)N(CCC(=O)O)C2=O)cc(Br)c1OCc1ccccc1. The quantitative estimate of drug-likeness (QED) is 0.409. The summed E-state index contributed by atoms with van der Waals surface area (Å²) in [7, 11) is 1.55. The molecule has 0 aliphatic carbocycles. The lowest BCUT2D eigenvalue weighted by Crippen LogP contribution is -2.30. The Morgan fingerprint density at radius 3 is 2.70 bits per heavy atom. The number of halogens is 1. The van der Waals surface area contributed by atoms with Gasteiger partial charge in [-0.1, -0.05) is 54.3 Å². The van der Waals surface area contributed by atoms with Gasteiger partial charge >= 0.3 is 5.97 Å². The first-order valence-electron chi connectivity index (χ1n) is 8.90. The minimum absolute atomic E-state index is 0.0522. The number of benzene rings is 2. The van der Waals surface area contributed by atoms with Crippen molar-refractivity contribution in [3.63, 3.8) is 0 Å². The van der Waals surface area contributed by atoms with Gasteiger partial charge < -0.3 is 14.6 Å². The maximum atomic E-state index is 12.6. The molecule has 1 N–H and O–H groups in total. The minimum Gasteiger partial charge on any atom is -0.493 e. The number of carboxylic acid groups (broad SMARTS) is 1. The normalized spacial score (nSPS) is 15.0. The van der Waals surface area contributed by atoms with Gasteiger partial charge in [-0.3, -0.25) is 14.5 Å². The van der Waals surface area contributed by atoms with Gasteiger partial charge in [0.1, 0.15) is 10.9 Å². The molecule has 1 saturated heterocycles. The summed E-state index contributed by atoms with van der Waals surface area (Å²) in [5.74, 6) is -0.195. The number of aliphatic carboxylic acids is 1. The maximum Gasteiger partial charge on any atom is 0.305 e. The number of thiocarbonyl (C=S) groups is 1. The summed E-state index contributed by atoms with van der Waals surface area (Å²) >= 11 is 9.88. The lowest BCUT2D eigenvalue weighted by atomic mass is 10.1. The van der Waals surface area contributed by atoms with Crippen LogP contribution in [-0.2, 0) is 16.2 Å². The molecule has 0 unspecified atom stereocenters. The largest absolute Gasteiger partial charge is 0.493 e.